The van der Waals surface area contributed by atoms with Crippen LogP contribution in [-0.4, -0.2) is 121 Å². The van der Waals surface area contributed by atoms with E-state index in [0.29, 0.717) is 31.0 Å². The third kappa shape index (κ3) is 5.36. The number of carboxylic acid groups (broad SMARTS) is 1. The Hall–Kier alpha value is -3.06. The zero-order valence-corrected chi connectivity index (χ0v) is 20.5. The van der Waals surface area contributed by atoms with Gasteiger partial charge in [0.1, 0.15) is 5.70 Å². The quantitative estimate of drug-likeness (QED) is 0.157. The minimum Gasteiger partial charge on any atom is -0.477 e. The molecule has 0 bridgehead atoms. The van der Waals surface area contributed by atoms with Crippen molar-refractivity contribution in [2.75, 3.05) is 51.1 Å². The van der Waals surface area contributed by atoms with Crippen molar-refractivity contribution >= 4 is 52.2 Å². The van der Waals surface area contributed by atoms with E-state index in [1.54, 1.807) is 9.91 Å². The number of carboxylic acids is 1. The second-order valence-electron chi connectivity index (χ2n) is 7.83. The molecule has 18 heteroatoms. The fourth-order valence-corrected chi connectivity index (χ4v) is 5.73. The molecule has 3 unspecified atom stereocenters. The summed E-state index contributed by atoms with van der Waals surface area (Å²) in [6.45, 7) is 0.571. The smallest absolute Gasteiger partial charge is 0.352 e. The lowest BCUT2D eigenvalue weighted by molar-refractivity contribution is -0.135. The van der Waals surface area contributed by atoms with E-state index in [2.05, 4.69) is 29.8 Å². The van der Waals surface area contributed by atoms with Gasteiger partial charge in [-0.1, -0.05) is 5.16 Å². The SMILES string of the molecule is Nc1nc(/C(=N\OCF)C(=O)NC2CN3C(C(=O)O)=C(/C=N/N4CCN(CCO)C4N)CSC23)ns1. The molecule has 0 spiro atoms. The topological polar surface area (TPSA) is 208 Å². The number of amides is 1. The first-order valence-corrected chi connectivity index (χ1v) is 12.6. The molecule has 0 aliphatic carbocycles. The van der Waals surface area contributed by atoms with Crippen LogP contribution in [0.4, 0.5) is 9.52 Å². The number of aromatic nitrogens is 2. The summed E-state index contributed by atoms with van der Waals surface area (Å²) in [6.07, 6.45) is 0.993. The monoisotopic (exact) mass is 544 g/mol. The number of rotatable bonds is 10. The van der Waals surface area contributed by atoms with Gasteiger partial charge in [0.25, 0.3) is 12.8 Å². The summed E-state index contributed by atoms with van der Waals surface area (Å²) in [6, 6.07) is -0.416. The molecule has 3 aliphatic heterocycles. The molecule has 4 heterocycles. The van der Waals surface area contributed by atoms with Crippen LogP contribution in [0.3, 0.4) is 0 Å². The number of alkyl halides is 1. The third-order valence-electron chi connectivity index (χ3n) is 5.68. The maximum absolute atomic E-state index is 12.8. The highest BCUT2D eigenvalue weighted by molar-refractivity contribution is 8.00. The molecule has 196 valence electrons. The summed E-state index contributed by atoms with van der Waals surface area (Å²) >= 11 is 2.28. The molecule has 36 heavy (non-hydrogen) atoms. The summed E-state index contributed by atoms with van der Waals surface area (Å²) in [5.41, 5.74) is 12.0. The molecule has 3 aliphatic rings. The average Bonchev–Trinajstić information content (AvgIpc) is 3.41. The highest BCUT2D eigenvalue weighted by atomic mass is 32.2. The Morgan fingerprint density at radius 1 is 1.39 bits per heavy atom. The van der Waals surface area contributed by atoms with E-state index in [1.165, 1.54) is 18.0 Å². The molecular weight excluding hydrogens is 519 g/mol. The molecule has 2 fully saturated rings. The first-order valence-electron chi connectivity index (χ1n) is 10.8. The van der Waals surface area contributed by atoms with Gasteiger partial charge >= 0.3 is 5.97 Å². The molecule has 1 aromatic heterocycles. The van der Waals surface area contributed by atoms with Gasteiger partial charge < -0.3 is 31.0 Å². The number of anilines is 1. The Morgan fingerprint density at radius 2 is 2.19 bits per heavy atom. The van der Waals surface area contributed by atoms with Crippen molar-refractivity contribution in [3.63, 3.8) is 0 Å². The summed E-state index contributed by atoms with van der Waals surface area (Å²) < 4.78 is 16.4. The lowest BCUT2D eigenvalue weighted by atomic mass is 10.0. The molecule has 0 saturated carbocycles. The van der Waals surface area contributed by atoms with Gasteiger partial charge in [0.15, 0.2) is 11.4 Å². The zero-order valence-electron chi connectivity index (χ0n) is 18.9. The Kier molecular flexibility index (Phi) is 8.19. The normalized spacial score (nSPS) is 24.8. The summed E-state index contributed by atoms with van der Waals surface area (Å²) in [5, 5.41) is 31.0. The number of nitrogen functional groups attached to an aromatic ring is 1. The minimum absolute atomic E-state index is 0.0190. The van der Waals surface area contributed by atoms with E-state index < -0.39 is 31.1 Å². The summed E-state index contributed by atoms with van der Waals surface area (Å²) in [7, 11) is 0. The number of hydrogen-bond donors (Lipinski definition) is 5. The van der Waals surface area contributed by atoms with Crippen LogP contribution in [0.2, 0.25) is 0 Å². The molecule has 0 aromatic carbocycles. The van der Waals surface area contributed by atoms with Crippen molar-refractivity contribution in [3.8, 4) is 0 Å². The number of carbonyl (C=O) groups is 2. The number of nitrogens with two attached hydrogens (primary N) is 2. The number of fused-ring (bicyclic) bond motifs is 1. The first-order chi connectivity index (χ1) is 17.3. The van der Waals surface area contributed by atoms with Crippen molar-refractivity contribution in [2.45, 2.75) is 17.7 Å². The van der Waals surface area contributed by atoms with Crippen LogP contribution < -0.4 is 16.8 Å². The Morgan fingerprint density at radius 3 is 2.86 bits per heavy atom. The van der Waals surface area contributed by atoms with E-state index in [0.717, 1.165) is 11.5 Å². The number of hydrazone groups is 1. The second-order valence-corrected chi connectivity index (χ2v) is 9.72. The number of hydrogen-bond acceptors (Lipinski definition) is 15. The standard InChI is InChI=1S/C18H25FN10O5S2/c19-8-34-25-11(13-24-17(20)36-26-13)14(31)23-10-6-28-12(16(32)33)9(7-35-15(10)28)5-22-29-2-1-27(3-4-30)18(29)21/h5,10,15,18,30H,1-4,6-8,21H2,(H,23,31)(H,32,33)(H2,20,24,26)/b22-5+,25-11+. The minimum atomic E-state index is -1.25. The van der Waals surface area contributed by atoms with Gasteiger partial charge in [0.05, 0.1) is 30.8 Å². The van der Waals surface area contributed by atoms with Crippen molar-refractivity contribution in [1.82, 2.24) is 29.5 Å². The fraction of sp³-hybridized carbons (Fsp3) is 0.556. The second kappa shape index (κ2) is 11.3. The van der Waals surface area contributed by atoms with Crippen LogP contribution in [-0.2, 0) is 14.4 Å². The molecule has 1 aromatic rings. The van der Waals surface area contributed by atoms with Gasteiger partial charge in [0, 0.05) is 42.5 Å². The van der Waals surface area contributed by atoms with Gasteiger partial charge in [0.2, 0.25) is 11.5 Å². The van der Waals surface area contributed by atoms with Crippen LogP contribution in [0.25, 0.3) is 0 Å². The Bertz CT molecular complexity index is 1080. The van der Waals surface area contributed by atoms with Gasteiger partial charge in [-0.3, -0.25) is 20.4 Å². The number of β-amino-alcohol motifs (C(OH)–C–C–N with tert-alkyl or cyclic N) is 1. The number of aliphatic carboxylic acids is 1. The van der Waals surface area contributed by atoms with Crippen molar-refractivity contribution in [1.29, 1.82) is 0 Å². The highest BCUT2D eigenvalue weighted by Crippen LogP contribution is 2.39. The molecule has 7 N–H and O–H groups in total. The van der Waals surface area contributed by atoms with Gasteiger partial charge in [-0.25, -0.2) is 9.18 Å². The number of aliphatic hydroxyl groups excluding tert-OH is 1. The van der Waals surface area contributed by atoms with E-state index in [-0.39, 0.29) is 40.9 Å². The van der Waals surface area contributed by atoms with Crippen molar-refractivity contribution < 1.29 is 29.0 Å². The largest absolute Gasteiger partial charge is 0.477 e. The van der Waals surface area contributed by atoms with Gasteiger partial charge in [-0.05, 0) is 0 Å². The molecular formula is C18H25FN10O5S2. The third-order valence-corrected chi connectivity index (χ3v) is 7.63. The number of nitrogens with one attached hydrogen (secondary N) is 1. The summed E-state index contributed by atoms with van der Waals surface area (Å²) in [5.74, 6) is -1.56. The molecule has 2 saturated heterocycles. The number of nitrogens with zero attached hydrogens (tertiary/aromatic N) is 7. The lowest BCUT2D eigenvalue weighted by Gasteiger charge is -2.51. The zero-order chi connectivity index (χ0) is 25.8. The van der Waals surface area contributed by atoms with E-state index in [4.69, 9.17) is 16.6 Å². The summed E-state index contributed by atoms with van der Waals surface area (Å²) in [4.78, 5) is 36.7. The number of aliphatic hydroxyl groups is 1. The lowest BCUT2D eigenvalue weighted by Crippen LogP contribution is -2.67. The van der Waals surface area contributed by atoms with Crippen LogP contribution in [0.15, 0.2) is 21.5 Å². The number of oxime groups is 1. The predicted octanol–water partition coefficient (Wildman–Crippen LogP) is -2.18. The molecule has 0 radical (unpaired) electrons. The van der Waals surface area contributed by atoms with Crippen molar-refractivity contribution in [2.24, 2.45) is 16.0 Å². The van der Waals surface area contributed by atoms with E-state index in [9.17, 15) is 19.1 Å². The Labute approximate surface area is 212 Å². The van der Waals surface area contributed by atoms with Crippen LogP contribution in [0.1, 0.15) is 5.82 Å². The molecule has 4 rings (SSSR count). The van der Waals surface area contributed by atoms with Gasteiger partial charge in [-0.2, -0.15) is 14.5 Å². The maximum Gasteiger partial charge on any atom is 0.352 e. The molecule has 15 nitrogen and oxygen atoms in total. The number of thioether (sulfide) groups is 1. The van der Waals surface area contributed by atoms with Gasteiger partial charge in [-0.15, -0.1) is 11.8 Å². The van der Waals surface area contributed by atoms with Crippen LogP contribution in [0, 0.1) is 0 Å². The molecule has 3 atom stereocenters. The van der Waals surface area contributed by atoms with Crippen LogP contribution in [0.5, 0.6) is 0 Å². The van der Waals surface area contributed by atoms with E-state index in [1.807, 2.05) is 4.90 Å². The average molecular weight is 545 g/mol. The van der Waals surface area contributed by atoms with Crippen LogP contribution >= 0.6 is 23.3 Å². The van der Waals surface area contributed by atoms with E-state index >= 15 is 0 Å². The Balaban J connectivity index is 1.43. The van der Waals surface area contributed by atoms with Crippen molar-refractivity contribution in [3.05, 3.63) is 17.1 Å². The fourth-order valence-electron chi connectivity index (χ4n) is 3.98. The number of carbonyl (C=O) groups excluding carboxylic acids is 1. The predicted molar refractivity (Wildman–Crippen MR) is 129 cm³/mol. The molecule has 1 amide bonds. The highest BCUT2D eigenvalue weighted by Gasteiger charge is 2.47. The maximum atomic E-state index is 12.8. The number of halogens is 1. The first kappa shape index (κ1) is 26.0.